The molecule has 0 spiro atoms. The third-order valence-corrected chi connectivity index (χ3v) is 5.46. The summed E-state index contributed by atoms with van der Waals surface area (Å²) < 4.78 is 51.0. The van der Waals surface area contributed by atoms with Crippen molar-refractivity contribution in [2.45, 2.75) is 18.2 Å². The van der Waals surface area contributed by atoms with Gasteiger partial charge in [-0.3, -0.25) is 0 Å². The molecule has 0 aliphatic heterocycles. The highest BCUT2D eigenvalue weighted by molar-refractivity contribution is 7.89. The van der Waals surface area contributed by atoms with Crippen molar-refractivity contribution in [1.29, 1.82) is 0 Å². The van der Waals surface area contributed by atoms with Crippen LogP contribution in [0.5, 0.6) is 5.75 Å². The second-order valence-electron chi connectivity index (χ2n) is 5.79. The van der Waals surface area contributed by atoms with Gasteiger partial charge in [-0.15, -0.1) is 10.2 Å². The first-order valence-corrected chi connectivity index (χ1v) is 9.60. The normalized spacial score (nSPS) is 11.5. The lowest BCUT2D eigenvalue weighted by Crippen LogP contribution is -2.26. The van der Waals surface area contributed by atoms with Crippen LogP contribution in [0.4, 0.5) is 4.39 Å². The van der Waals surface area contributed by atoms with E-state index < -0.39 is 15.8 Å². The minimum Gasteiger partial charge on any atom is -0.497 e. The largest absolute Gasteiger partial charge is 0.497 e. The lowest BCUT2D eigenvalue weighted by atomic mass is 10.2. The monoisotopic (exact) mass is 391 g/mol. The van der Waals surface area contributed by atoms with Crippen LogP contribution < -0.4 is 9.46 Å². The van der Waals surface area contributed by atoms with Gasteiger partial charge in [-0.25, -0.2) is 17.5 Å². The van der Waals surface area contributed by atoms with Crippen LogP contribution in [0.15, 0.2) is 51.8 Å². The Balaban J connectivity index is 1.65. The van der Waals surface area contributed by atoms with Crippen molar-refractivity contribution in [3.63, 3.8) is 0 Å². The molecule has 0 amide bonds. The molecule has 3 aromatic rings. The van der Waals surface area contributed by atoms with Gasteiger partial charge >= 0.3 is 0 Å². The maximum Gasteiger partial charge on any atom is 0.247 e. The molecule has 27 heavy (non-hydrogen) atoms. The average Bonchev–Trinajstić information content (AvgIpc) is 3.10. The molecule has 0 aliphatic carbocycles. The van der Waals surface area contributed by atoms with Gasteiger partial charge in [0.25, 0.3) is 0 Å². The predicted octanol–water partition coefficient (Wildman–Crippen LogP) is 2.71. The van der Waals surface area contributed by atoms with Crippen molar-refractivity contribution in [2.24, 2.45) is 0 Å². The van der Waals surface area contributed by atoms with Gasteiger partial charge in [-0.1, -0.05) is 6.07 Å². The molecule has 1 aromatic heterocycles. The zero-order valence-corrected chi connectivity index (χ0v) is 15.6. The standard InChI is InChI=1S/C18H18FN3O4S/c1-12-10-14(19)6-7-16(12)27(23,24)20-9-8-17-21-22-18(26-17)13-4-3-5-15(11-13)25-2/h3-7,10-11,20H,8-9H2,1-2H3. The molecule has 142 valence electrons. The van der Waals surface area contributed by atoms with Gasteiger partial charge < -0.3 is 9.15 Å². The Morgan fingerprint density at radius 1 is 1.19 bits per heavy atom. The van der Waals surface area contributed by atoms with Crippen molar-refractivity contribution in [3.8, 4) is 17.2 Å². The van der Waals surface area contributed by atoms with Crippen LogP contribution in [0.3, 0.4) is 0 Å². The summed E-state index contributed by atoms with van der Waals surface area (Å²) in [5, 5.41) is 7.90. The maximum atomic E-state index is 13.1. The minimum absolute atomic E-state index is 0.0338. The second kappa shape index (κ2) is 7.85. The number of halogens is 1. The molecule has 0 atom stereocenters. The van der Waals surface area contributed by atoms with Crippen LogP contribution in [0, 0.1) is 12.7 Å². The van der Waals surface area contributed by atoms with Crippen molar-refractivity contribution >= 4 is 10.0 Å². The highest BCUT2D eigenvalue weighted by Gasteiger charge is 2.17. The molecule has 0 aliphatic rings. The number of rotatable bonds is 7. The number of benzene rings is 2. The highest BCUT2D eigenvalue weighted by Crippen LogP contribution is 2.22. The average molecular weight is 391 g/mol. The van der Waals surface area contributed by atoms with Crippen LogP contribution in [-0.2, 0) is 16.4 Å². The zero-order valence-electron chi connectivity index (χ0n) is 14.8. The lowest BCUT2D eigenvalue weighted by molar-refractivity contribution is 0.414. The van der Waals surface area contributed by atoms with E-state index >= 15 is 0 Å². The summed E-state index contributed by atoms with van der Waals surface area (Å²) in [6, 6.07) is 10.7. The van der Waals surface area contributed by atoms with Gasteiger partial charge in [0.1, 0.15) is 11.6 Å². The van der Waals surface area contributed by atoms with Crippen molar-refractivity contribution < 1.29 is 22.0 Å². The Hall–Kier alpha value is -2.78. The summed E-state index contributed by atoms with van der Waals surface area (Å²) in [4.78, 5) is 0.0338. The van der Waals surface area contributed by atoms with Crippen LogP contribution >= 0.6 is 0 Å². The summed E-state index contributed by atoms with van der Waals surface area (Å²) in [5.74, 6) is 0.796. The number of nitrogens with one attached hydrogen (secondary N) is 1. The summed E-state index contributed by atoms with van der Waals surface area (Å²) in [7, 11) is -2.19. The Morgan fingerprint density at radius 3 is 2.74 bits per heavy atom. The molecule has 9 heteroatoms. The number of aryl methyl sites for hydroxylation is 1. The fourth-order valence-corrected chi connectivity index (χ4v) is 3.77. The predicted molar refractivity (Wildman–Crippen MR) is 96.3 cm³/mol. The highest BCUT2D eigenvalue weighted by atomic mass is 32.2. The van der Waals surface area contributed by atoms with Gasteiger partial charge in [0, 0.05) is 18.5 Å². The van der Waals surface area contributed by atoms with E-state index in [1.807, 2.05) is 0 Å². The minimum atomic E-state index is -3.76. The lowest BCUT2D eigenvalue weighted by Gasteiger charge is -2.08. The van der Waals surface area contributed by atoms with Crippen LogP contribution in [0.2, 0.25) is 0 Å². The van der Waals surface area contributed by atoms with E-state index in [1.165, 1.54) is 19.1 Å². The molecule has 0 fully saturated rings. The number of hydrogen-bond donors (Lipinski definition) is 1. The number of ether oxygens (including phenoxy) is 1. The van der Waals surface area contributed by atoms with Gasteiger partial charge in [0.2, 0.25) is 21.8 Å². The fraction of sp³-hybridized carbons (Fsp3) is 0.222. The van der Waals surface area contributed by atoms with Crippen LogP contribution in [-0.4, -0.2) is 32.3 Å². The van der Waals surface area contributed by atoms with Crippen molar-refractivity contribution in [2.75, 3.05) is 13.7 Å². The Bertz CT molecular complexity index is 1050. The molecule has 0 bridgehead atoms. The Labute approximate surface area is 156 Å². The molecule has 0 radical (unpaired) electrons. The van der Waals surface area contributed by atoms with Gasteiger partial charge in [-0.05, 0) is 48.9 Å². The summed E-state index contributed by atoms with van der Waals surface area (Å²) in [5.41, 5.74) is 1.04. The summed E-state index contributed by atoms with van der Waals surface area (Å²) >= 11 is 0. The smallest absolute Gasteiger partial charge is 0.247 e. The second-order valence-corrected chi connectivity index (χ2v) is 7.53. The third kappa shape index (κ3) is 4.50. The molecule has 1 heterocycles. The molecular weight excluding hydrogens is 373 g/mol. The van der Waals surface area contributed by atoms with E-state index in [9.17, 15) is 12.8 Å². The van der Waals surface area contributed by atoms with Gasteiger partial charge in [-0.2, -0.15) is 0 Å². The number of sulfonamides is 1. The molecule has 7 nitrogen and oxygen atoms in total. The topological polar surface area (TPSA) is 94.3 Å². The number of methoxy groups -OCH3 is 1. The molecule has 1 N–H and O–H groups in total. The number of nitrogens with zero attached hydrogens (tertiary/aromatic N) is 2. The summed E-state index contributed by atoms with van der Waals surface area (Å²) in [6.45, 7) is 1.61. The van der Waals surface area contributed by atoms with E-state index in [0.29, 0.717) is 28.7 Å². The van der Waals surface area contributed by atoms with E-state index in [1.54, 1.807) is 31.4 Å². The summed E-state index contributed by atoms with van der Waals surface area (Å²) in [6.07, 6.45) is 0.219. The zero-order chi connectivity index (χ0) is 19.4. The quantitative estimate of drug-likeness (QED) is 0.666. The third-order valence-electron chi connectivity index (χ3n) is 3.84. The van der Waals surface area contributed by atoms with Crippen molar-refractivity contribution in [1.82, 2.24) is 14.9 Å². The van der Waals surface area contributed by atoms with Crippen LogP contribution in [0.25, 0.3) is 11.5 Å². The van der Waals surface area contributed by atoms with E-state index in [0.717, 1.165) is 6.07 Å². The van der Waals surface area contributed by atoms with E-state index in [-0.39, 0.29) is 17.9 Å². The molecule has 2 aromatic carbocycles. The first-order chi connectivity index (χ1) is 12.9. The van der Waals surface area contributed by atoms with Crippen molar-refractivity contribution in [3.05, 3.63) is 59.7 Å². The first-order valence-electron chi connectivity index (χ1n) is 8.11. The number of hydrogen-bond acceptors (Lipinski definition) is 6. The SMILES string of the molecule is COc1cccc(-c2nnc(CCNS(=O)(=O)c3ccc(F)cc3C)o2)c1. The van der Waals surface area contributed by atoms with E-state index in [4.69, 9.17) is 9.15 Å². The molecule has 0 saturated heterocycles. The van der Waals surface area contributed by atoms with E-state index in [2.05, 4.69) is 14.9 Å². The van der Waals surface area contributed by atoms with Gasteiger partial charge in [0.05, 0.1) is 12.0 Å². The molecule has 0 saturated carbocycles. The maximum absolute atomic E-state index is 13.1. The fourth-order valence-electron chi connectivity index (χ4n) is 2.51. The van der Waals surface area contributed by atoms with Gasteiger partial charge in [0.15, 0.2) is 0 Å². The van der Waals surface area contributed by atoms with Crippen LogP contribution in [0.1, 0.15) is 11.5 Å². The first kappa shape index (κ1) is 19.0. The Morgan fingerprint density at radius 2 is 2.00 bits per heavy atom. The Kier molecular flexibility index (Phi) is 5.52. The molecule has 3 rings (SSSR count). The number of aromatic nitrogens is 2. The molecule has 0 unspecified atom stereocenters. The molecular formula is C18H18FN3O4S.